The number of nitrogens with one attached hydrogen (secondary N) is 2. The first-order valence-corrected chi connectivity index (χ1v) is 11.6. The molecule has 1 atom stereocenters. The van der Waals surface area contributed by atoms with E-state index in [1.807, 2.05) is 6.07 Å². The zero-order valence-electron chi connectivity index (χ0n) is 16.2. The van der Waals surface area contributed by atoms with E-state index < -0.39 is 10.8 Å². The first-order valence-electron chi connectivity index (χ1n) is 9.86. The van der Waals surface area contributed by atoms with Gasteiger partial charge in [-0.15, -0.1) is 0 Å². The summed E-state index contributed by atoms with van der Waals surface area (Å²) in [6.45, 7) is 0. The number of rotatable bonds is 7. The van der Waals surface area contributed by atoms with Crippen LogP contribution in [-0.4, -0.2) is 31.1 Å². The lowest BCUT2D eigenvalue weighted by Gasteiger charge is -2.14. The molecule has 1 aromatic carbocycles. The molecule has 0 bridgehead atoms. The Balaban J connectivity index is 1.51. The molecule has 148 valence electrons. The van der Waals surface area contributed by atoms with E-state index in [2.05, 4.69) is 45.0 Å². The molecule has 0 radical (unpaired) electrons. The summed E-state index contributed by atoms with van der Waals surface area (Å²) in [4.78, 5) is 4.62. The van der Waals surface area contributed by atoms with Gasteiger partial charge < -0.3 is 10.6 Å². The molecular weight excluding hydrogens is 384 g/mol. The van der Waals surface area contributed by atoms with Crippen LogP contribution in [0.4, 0.5) is 17.3 Å². The summed E-state index contributed by atoms with van der Waals surface area (Å²) < 4.78 is 13.5. The largest absolute Gasteiger partial charge is 0.367 e. The third-order valence-electron chi connectivity index (χ3n) is 5.31. The molecule has 5 rings (SSSR count). The highest BCUT2D eigenvalue weighted by Crippen LogP contribution is 2.42. The van der Waals surface area contributed by atoms with E-state index in [1.165, 1.54) is 18.4 Å². The molecule has 8 heteroatoms. The number of fused-ring (bicyclic) bond motifs is 1. The van der Waals surface area contributed by atoms with E-state index in [1.54, 1.807) is 17.0 Å². The zero-order chi connectivity index (χ0) is 20.0. The fourth-order valence-electron chi connectivity index (χ4n) is 3.61. The summed E-state index contributed by atoms with van der Waals surface area (Å²) in [5.41, 5.74) is 4.33. The number of nitrogens with zero attached hydrogens (tertiary/aromatic N) is 4. The molecule has 2 N–H and O–H groups in total. The molecule has 2 aromatic heterocycles. The Kier molecular flexibility index (Phi) is 4.47. The highest BCUT2D eigenvalue weighted by atomic mass is 32.2. The van der Waals surface area contributed by atoms with Crippen LogP contribution < -0.4 is 10.6 Å². The van der Waals surface area contributed by atoms with Gasteiger partial charge in [0.2, 0.25) is 0 Å². The average Bonchev–Trinajstić information content (AvgIpc) is 3.61. The number of aromatic nitrogens is 3. The van der Waals surface area contributed by atoms with Gasteiger partial charge in [0, 0.05) is 40.6 Å². The number of nitriles is 1. The summed E-state index contributed by atoms with van der Waals surface area (Å²) in [5, 5.41) is 20.5. The third kappa shape index (κ3) is 3.83. The van der Waals surface area contributed by atoms with Crippen LogP contribution in [0.2, 0.25) is 0 Å². The fourth-order valence-corrected chi connectivity index (χ4v) is 4.30. The number of hydrogen-bond donors (Lipinski definition) is 2. The molecule has 1 unspecified atom stereocenters. The van der Waals surface area contributed by atoms with Crippen LogP contribution in [0.5, 0.6) is 0 Å². The van der Waals surface area contributed by atoms with Crippen molar-refractivity contribution in [2.75, 3.05) is 16.9 Å². The van der Waals surface area contributed by atoms with Crippen molar-refractivity contribution in [3.05, 3.63) is 47.2 Å². The van der Waals surface area contributed by atoms with Gasteiger partial charge in [-0.1, -0.05) is 6.07 Å². The van der Waals surface area contributed by atoms with Crippen LogP contribution >= 0.6 is 0 Å². The average molecular weight is 407 g/mol. The van der Waals surface area contributed by atoms with E-state index in [0.29, 0.717) is 34.7 Å². The second-order valence-electron chi connectivity index (χ2n) is 7.88. The van der Waals surface area contributed by atoms with E-state index in [9.17, 15) is 9.47 Å². The van der Waals surface area contributed by atoms with Crippen molar-refractivity contribution in [1.82, 2.24) is 14.6 Å². The predicted octanol–water partition coefficient (Wildman–Crippen LogP) is 3.67. The Bertz CT molecular complexity index is 1160. The van der Waals surface area contributed by atoms with Gasteiger partial charge in [-0.2, -0.15) is 14.9 Å². The van der Waals surface area contributed by atoms with Crippen LogP contribution in [0.25, 0.3) is 5.65 Å². The molecule has 2 fully saturated rings. The van der Waals surface area contributed by atoms with Crippen molar-refractivity contribution in [3.63, 3.8) is 0 Å². The Morgan fingerprint density at radius 1 is 1.28 bits per heavy atom. The lowest BCUT2D eigenvalue weighted by Crippen LogP contribution is -2.09. The van der Waals surface area contributed by atoms with Gasteiger partial charge in [-0.3, -0.25) is 4.21 Å². The van der Waals surface area contributed by atoms with Gasteiger partial charge in [0.1, 0.15) is 23.3 Å². The highest BCUT2D eigenvalue weighted by molar-refractivity contribution is 7.83. The van der Waals surface area contributed by atoms with Gasteiger partial charge in [0.05, 0.1) is 6.20 Å². The Morgan fingerprint density at radius 3 is 2.79 bits per heavy atom. The summed E-state index contributed by atoms with van der Waals surface area (Å²) in [6, 6.07) is 10.8. The lowest BCUT2D eigenvalue weighted by molar-refractivity contribution is 0.686. The Morgan fingerprint density at radius 2 is 2.10 bits per heavy atom. The minimum Gasteiger partial charge on any atom is -0.367 e. The first-order chi connectivity index (χ1) is 14.1. The van der Waals surface area contributed by atoms with Crippen molar-refractivity contribution in [3.8, 4) is 6.07 Å². The molecule has 0 saturated heterocycles. The maximum absolute atomic E-state index is 11.8. The number of anilines is 3. The topological polar surface area (TPSA) is 95.1 Å². The van der Waals surface area contributed by atoms with Crippen molar-refractivity contribution in [2.45, 2.75) is 43.4 Å². The van der Waals surface area contributed by atoms with Crippen molar-refractivity contribution in [1.29, 1.82) is 5.26 Å². The summed E-state index contributed by atoms with van der Waals surface area (Å²) in [7, 11) is -0.892. The molecule has 2 aliphatic rings. The van der Waals surface area contributed by atoms with Crippen molar-refractivity contribution < 1.29 is 4.21 Å². The van der Waals surface area contributed by atoms with Crippen LogP contribution in [-0.2, 0) is 16.6 Å². The lowest BCUT2D eigenvalue weighted by atomic mass is 10.0. The van der Waals surface area contributed by atoms with E-state index >= 15 is 0 Å². The van der Waals surface area contributed by atoms with E-state index in [-0.39, 0.29) is 0 Å². The molecule has 2 heterocycles. The molecule has 3 aromatic rings. The molecule has 2 aliphatic carbocycles. The third-order valence-corrected chi connectivity index (χ3v) is 6.03. The van der Waals surface area contributed by atoms with E-state index in [4.69, 9.17) is 0 Å². The second-order valence-corrected chi connectivity index (χ2v) is 9.32. The quantitative estimate of drug-likeness (QED) is 0.622. The maximum Gasteiger partial charge on any atom is 0.177 e. The zero-order valence-corrected chi connectivity index (χ0v) is 17.0. The maximum atomic E-state index is 11.8. The number of benzene rings is 1. The molecule has 0 amide bonds. The van der Waals surface area contributed by atoms with Crippen LogP contribution in [0, 0.1) is 11.3 Å². The van der Waals surface area contributed by atoms with Crippen molar-refractivity contribution >= 4 is 33.8 Å². The van der Waals surface area contributed by atoms with Gasteiger partial charge in [-0.25, -0.2) is 4.98 Å². The minimum absolute atomic E-state index is 0.443. The number of hydrogen-bond acceptors (Lipinski definition) is 6. The monoisotopic (exact) mass is 406 g/mol. The van der Waals surface area contributed by atoms with E-state index in [0.717, 1.165) is 29.9 Å². The van der Waals surface area contributed by atoms with Gasteiger partial charge >= 0.3 is 0 Å². The van der Waals surface area contributed by atoms with Crippen molar-refractivity contribution in [2.24, 2.45) is 0 Å². The summed E-state index contributed by atoms with van der Waals surface area (Å²) in [6.07, 6.45) is 7.98. The molecule has 2 saturated carbocycles. The SMILES string of the molecule is CS(=O)Cc1cc(Nc2cc(NC3CC3)n3ncc(C#N)c3n2)ccc1C1CC1. The highest BCUT2D eigenvalue weighted by Gasteiger charge is 2.26. The molecule has 0 aliphatic heterocycles. The standard InChI is InChI=1S/C21H22N6OS/c1-29(28)12-14-8-17(6-7-18(14)13-2-3-13)24-19-9-20(25-16-4-5-16)27-21(26-19)15(10-22)11-23-27/h6-9,11,13,16,25H,2-5,12H2,1H3,(H,24,26). The molecule has 29 heavy (non-hydrogen) atoms. The minimum atomic E-state index is -0.892. The Labute approximate surface area is 171 Å². The smallest absolute Gasteiger partial charge is 0.177 e. The molecule has 7 nitrogen and oxygen atoms in total. The van der Waals surface area contributed by atoms with Crippen LogP contribution in [0.15, 0.2) is 30.5 Å². The first kappa shape index (κ1) is 18.1. The van der Waals surface area contributed by atoms with Crippen LogP contribution in [0.3, 0.4) is 0 Å². The fraction of sp³-hybridized carbons (Fsp3) is 0.381. The second kappa shape index (κ2) is 7.16. The Hall–Kier alpha value is -2.92. The normalized spacial score (nSPS) is 17.1. The summed E-state index contributed by atoms with van der Waals surface area (Å²) in [5.74, 6) is 2.64. The van der Waals surface area contributed by atoms with Gasteiger partial charge in [-0.05, 0) is 54.9 Å². The van der Waals surface area contributed by atoms with Gasteiger partial charge in [0.25, 0.3) is 0 Å². The summed E-state index contributed by atoms with van der Waals surface area (Å²) >= 11 is 0. The molecule has 0 spiro atoms. The van der Waals surface area contributed by atoms with Crippen LogP contribution in [0.1, 0.15) is 48.3 Å². The molecular formula is C21H22N6OS. The predicted molar refractivity (Wildman–Crippen MR) is 114 cm³/mol. The van der Waals surface area contributed by atoms with Gasteiger partial charge in [0.15, 0.2) is 5.65 Å².